The molecule has 1 aromatic heterocycles. The molecule has 6 nitrogen and oxygen atoms in total. The number of halogens is 1. The molecule has 32 heavy (non-hydrogen) atoms. The normalized spacial score (nSPS) is 16.7. The Morgan fingerprint density at radius 2 is 1.84 bits per heavy atom. The Kier molecular flexibility index (Phi) is 6.44. The van der Waals surface area contributed by atoms with Gasteiger partial charge in [-0.3, -0.25) is 14.6 Å². The van der Waals surface area contributed by atoms with E-state index in [4.69, 9.17) is 4.74 Å². The Hall–Kier alpha value is -3.74. The Morgan fingerprint density at radius 1 is 1.06 bits per heavy atom. The minimum absolute atomic E-state index is 0.219. The van der Waals surface area contributed by atoms with Gasteiger partial charge in [-0.05, 0) is 29.8 Å². The van der Waals surface area contributed by atoms with Crippen LogP contribution in [0.25, 0.3) is 0 Å². The molecule has 0 radical (unpaired) electrons. The largest absolute Gasteiger partial charge is 0.486 e. The fourth-order valence-electron chi connectivity index (χ4n) is 4.00. The van der Waals surface area contributed by atoms with Gasteiger partial charge in [0.15, 0.2) is 0 Å². The summed E-state index contributed by atoms with van der Waals surface area (Å²) in [6.07, 6.45) is 1.52. The van der Waals surface area contributed by atoms with Gasteiger partial charge in [0.1, 0.15) is 18.5 Å². The van der Waals surface area contributed by atoms with Gasteiger partial charge in [0, 0.05) is 43.0 Å². The molecule has 3 aromatic rings. The smallest absolute Gasteiger partial charge is 0.254 e. The van der Waals surface area contributed by atoms with Crippen LogP contribution in [0.2, 0.25) is 0 Å². The van der Waals surface area contributed by atoms with Gasteiger partial charge in [-0.25, -0.2) is 4.39 Å². The van der Waals surface area contributed by atoms with Crippen molar-refractivity contribution in [1.29, 1.82) is 0 Å². The van der Waals surface area contributed by atoms with Crippen LogP contribution in [-0.2, 0) is 6.42 Å². The van der Waals surface area contributed by atoms with Crippen LogP contribution in [0.4, 0.5) is 4.39 Å². The molecule has 2 atom stereocenters. The molecule has 0 aliphatic carbocycles. The van der Waals surface area contributed by atoms with Crippen LogP contribution in [0.1, 0.15) is 43.5 Å². The average molecular weight is 433 g/mol. The number of nitrogens with one attached hydrogen (secondary N) is 2. The molecule has 4 rings (SSSR count). The van der Waals surface area contributed by atoms with Crippen molar-refractivity contribution in [1.82, 2.24) is 15.6 Å². The van der Waals surface area contributed by atoms with E-state index in [1.54, 1.807) is 12.3 Å². The summed E-state index contributed by atoms with van der Waals surface area (Å²) in [5, 5.41) is 5.45. The van der Waals surface area contributed by atoms with Crippen molar-refractivity contribution in [2.45, 2.75) is 18.4 Å². The maximum Gasteiger partial charge on any atom is 0.254 e. The molecular weight excluding hydrogens is 409 g/mol. The third kappa shape index (κ3) is 4.32. The SMILES string of the molecule is CNC(=O)c1cc(C(=O)NCCc2ccccn2)cc2c1O[C@H](CF)[C@H]2c1ccccc1. The first-order chi connectivity index (χ1) is 15.6. The predicted octanol–water partition coefficient (Wildman–Crippen LogP) is 3.28. The molecule has 0 spiro atoms. The maximum atomic E-state index is 13.9. The van der Waals surface area contributed by atoms with Gasteiger partial charge in [0.25, 0.3) is 11.8 Å². The highest BCUT2D eigenvalue weighted by Crippen LogP contribution is 2.45. The number of hydrogen-bond acceptors (Lipinski definition) is 4. The molecule has 2 heterocycles. The van der Waals surface area contributed by atoms with Crippen LogP contribution < -0.4 is 15.4 Å². The van der Waals surface area contributed by atoms with Gasteiger partial charge in [-0.2, -0.15) is 0 Å². The molecule has 2 N–H and O–H groups in total. The minimum atomic E-state index is -0.765. The Morgan fingerprint density at radius 3 is 2.53 bits per heavy atom. The number of amides is 2. The lowest BCUT2D eigenvalue weighted by atomic mass is 9.86. The predicted molar refractivity (Wildman–Crippen MR) is 119 cm³/mol. The number of nitrogens with zero attached hydrogens (tertiary/aromatic N) is 1. The zero-order valence-electron chi connectivity index (χ0n) is 17.7. The molecule has 164 valence electrons. The van der Waals surface area contributed by atoms with Crippen LogP contribution >= 0.6 is 0 Å². The fraction of sp³-hybridized carbons (Fsp3) is 0.240. The Balaban J connectivity index is 1.66. The van der Waals surface area contributed by atoms with Crippen molar-refractivity contribution in [3.63, 3.8) is 0 Å². The fourth-order valence-corrected chi connectivity index (χ4v) is 4.00. The lowest BCUT2D eigenvalue weighted by Gasteiger charge is -2.16. The molecule has 1 aliphatic rings. The number of ether oxygens (including phenoxy) is 1. The van der Waals surface area contributed by atoms with E-state index in [-0.39, 0.29) is 11.5 Å². The topological polar surface area (TPSA) is 80.3 Å². The molecule has 1 aliphatic heterocycles. The van der Waals surface area contributed by atoms with E-state index in [9.17, 15) is 14.0 Å². The van der Waals surface area contributed by atoms with E-state index < -0.39 is 24.6 Å². The van der Waals surface area contributed by atoms with Gasteiger partial charge in [0.05, 0.1) is 11.5 Å². The second-order valence-electron chi connectivity index (χ2n) is 7.55. The zero-order chi connectivity index (χ0) is 22.5. The number of pyridine rings is 1. The molecule has 0 unspecified atom stereocenters. The van der Waals surface area contributed by atoms with Gasteiger partial charge in [-0.1, -0.05) is 36.4 Å². The second-order valence-corrected chi connectivity index (χ2v) is 7.55. The summed E-state index contributed by atoms with van der Waals surface area (Å²) in [7, 11) is 1.50. The number of carbonyl (C=O) groups excluding carboxylic acids is 2. The standard InChI is InChI=1S/C25H24FN3O3/c1-27-25(31)20-14-17(24(30)29-12-10-18-9-5-6-11-28-18)13-19-22(16-7-3-2-4-8-16)21(15-26)32-23(19)20/h2-9,11,13-14,21-22H,10,12,15H2,1H3,(H,27,31)(H,29,30)/t21-,22+/m1/s1. The zero-order valence-corrected chi connectivity index (χ0v) is 17.7. The Labute approximate surface area is 185 Å². The number of hydrogen-bond donors (Lipinski definition) is 2. The summed E-state index contributed by atoms with van der Waals surface area (Å²) < 4.78 is 19.8. The molecule has 0 fully saturated rings. The Bertz CT molecular complexity index is 1110. The first kappa shape index (κ1) is 21.5. The third-order valence-electron chi connectivity index (χ3n) is 5.53. The van der Waals surface area contributed by atoms with E-state index in [1.807, 2.05) is 48.5 Å². The first-order valence-corrected chi connectivity index (χ1v) is 10.5. The van der Waals surface area contributed by atoms with Gasteiger partial charge < -0.3 is 15.4 Å². The summed E-state index contributed by atoms with van der Waals surface area (Å²) in [5.74, 6) is -0.799. The molecule has 0 saturated heterocycles. The van der Waals surface area contributed by atoms with Crippen LogP contribution in [0.15, 0.2) is 66.9 Å². The summed E-state index contributed by atoms with van der Waals surface area (Å²) in [4.78, 5) is 29.7. The van der Waals surface area contributed by atoms with Gasteiger partial charge in [-0.15, -0.1) is 0 Å². The van der Waals surface area contributed by atoms with E-state index in [0.717, 1.165) is 11.3 Å². The highest BCUT2D eigenvalue weighted by molar-refractivity contribution is 6.02. The van der Waals surface area contributed by atoms with Gasteiger partial charge in [0.2, 0.25) is 0 Å². The number of benzene rings is 2. The number of alkyl halides is 1. The lowest BCUT2D eigenvalue weighted by Crippen LogP contribution is -2.27. The maximum absolute atomic E-state index is 13.9. The number of carbonyl (C=O) groups is 2. The van der Waals surface area contributed by atoms with Crippen LogP contribution in [-0.4, -0.2) is 43.2 Å². The van der Waals surface area contributed by atoms with Crippen molar-refractivity contribution in [3.05, 3.63) is 94.8 Å². The van der Waals surface area contributed by atoms with E-state index in [0.29, 0.717) is 29.8 Å². The molecule has 2 aromatic carbocycles. The quantitative estimate of drug-likeness (QED) is 0.599. The summed E-state index contributed by atoms with van der Waals surface area (Å²) in [6.45, 7) is -0.318. The van der Waals surface area contributed by atoms with Crippen molar-refractivity contribution < 1.29 is 18.7 Å². The monoisotopic (exact) mass is 433 g/mol. The third-order valence-corrected chi connectivity index (χ3v) is 5.53. The van der Waals surface area contributed by atoms with Crippen molar-refractivity contribution in [2.75, 3.05) is 20.3 Å². The molecular formula is C25H24FN3O3. The van der Waals surface area contributed by atoms with E-state index >= 15 is 0 Å². The highest BCUT2D eigenvalue weighted by Gasteiger charge is 2.39. The van der Waals surface area contributed by atoms with Gasteiger partial charge >= 0.3 is 0 Å². The van der Waals surface area contributed by atoms with Crippen molar-refractivity contribution in [3.8, 4) is 5.75 Å². The molecule has 0 saturated carbocycles. The number of aromatic nitrogens is 1. The first-order valence-electron chi connectivity index (χ1n) is 10.5. The summed E-state index contributed by atoms with van der Waals surface area (Å²) in [6, 6.07) is 18.2. The summed E-state index contributed by atoms with van der Waals surface area (Å²) >= 11 is 0. The van der Waals surface area contributed by atoms with Crippen LogP contribution in [0.3, 0.4) is 0 Å². The minimum Gasteiger partial charge on any atom is -0.486 e. The number of rotatable bonds is 7. The average Bonchev–Trinajstić information content (AvgIpc) is 3.22. The summed E-state index contributed by atoms with van der Waals surface area (Å²) in [5.41, 5.74) is 2.92. The molecule has 2 amide bonds. The van der Waals surface area contributed by atoms with E-state index in [2.05, 4.69) is 15.6 Å². The second kappa shape index (κ2) is 9.60. The molecule has 0 bridgehead atoms. The van der Waals surface area contributed by atoms with Crippen molar-refractivity contribution >= 4 is 11.8 Å². The molecule has 7 heteroatoms. The van der Waals surface area contributed by atoms with E-state index in [1.165, 1.54) is 13.1 Å². The number of fused-ring (bicyclic) bond motifs is 1. The lowest BCUT2D eigenvalue weighted by molar-refractivity contribution is 0.0953. The van der Waals surface area contributed by atoms with Crippen molar-refractivity contribution in [2.24, 2.45) is 0 Å². The highest BCUT2D eigenvalue weighted by atomic mass is 19.1. The van der Waals surface area contributed by atoms with Crippen LogP contribution in [0.5, 0.6) is 5.75 Å². The van der Waals surface area contributed by atoms with Crippen LogP contribution in [0, 0.1) is 0 Å².